The van der Waals surface area contributed by atoms with E-state index in [-0.39, 0.29) is 12.0 Å². The molecule has 0 bridgehead atoms. The lowest BCUT2D eigenvalue weighted by Crippen LogP contribution is -2.16. The second kappa shape index (κ2) is 9.97. The molecule has 1 saturated carbocycles. The Morgan fingerprint density at radius 2 is 1.66 bits per heavy atom. The maximum atomic E-state index is 11.3. The zero-order chi connectivity index (χ0) is 20.8. The molecule has 4 nitrogen and oxygen atoms in total. The van der Waals surface area contributed by atoms with Crippen molar-refractivity contribution >= 4 is 28.2 Å². The first kappa shape index (κ1) is 21.4. The fourth-order valence-corrected chi connectivity index (χ4v) is 4.25. The number of carbonyl (C=O) groups is 1. The van der Waals surface area contributed by atoms with Crippen molar-refractivity contribution in [2.75, 3.05) is 0 Å². The number of para-hydroxylation sites is 2. The number of benzene rings is 1. The predicted molar refractivity (Wildman–Crippen MR) is 120 cm³/mol. The SMILES string of the molecule is CC(C)C(=O)C1CCCC1.CC(C)Oc1nc2ccccc2nc1-c1cccs1. The highest BCUT2D eigenvalue weighted by atomic mass is 32.1. The molecule has 0 radical (unpaired) electrons. The molecule has 1 aliphatic carbocycles. The van der Waals surface area contributed by atoms with E-state index in [2.05, 4.69) is 4.98 Å². The lowest BCUT2D eigenvalue weighted by molar-refractivity contribution is -0.125. The van der Waals surface area contributed by atoms with Crippen molar-refractivity contribution in [3.05, 3.63) is 41.8 Å². The maximum absolute atomic E-state index is 11.3. The molecule has 4 rings (SSSR count). The summed E-state index contributed by atoms with van der Waals surface area (Å²) >= 11 is 1.64. The average molecular weight is 411 g/mol. The Hall–Kier alpha value is -2.27. The van der Waals surface area contributed by atoms with Crippen molar-refractivity contribution in [3.8, 4) is 16.5 Å². The number of hydrogen-bond donors (Lipinski definition) is 0. The summed E-state index contributed by atoms with van der Waals surface area (Å²) < 4.78 is 5.81. The monoisotopic (exact) mass is 410 g/mol. The van der Waals surface area contributed by atoms with E-state index in [0.29, 0.717) is 17.6 Å². The van der Waals surface area contributed by atoms with Gasteiger partial charge >= 0.3 is 0 Å². The number of rotatable bonds is 5. The van der Waals surface area contributed by atoms with Crippen LogP contribution in [0.1, 0.15) is 53.4 Å². The van der Waals surface area contributed by atoms with Gasteiger partial charge in [-0.05, 0) is 50.3 Å². The first-order chi connectivity index (χ1) is 14.0. The summed E-state index contributed by atoms with van der Waals surface area (Å²) in [6.45, 7) is 7.99. The average Bonchev–Trinajstić information content (AvgIpc) is 3.41. The van der Waals surface area contributed by atoms with Crippen LogP contribution in [0.2, 0.25) is 0 Å². The van der Waals surface area contributed by atoms with Gasteiger partial charge in [-0.25, -0.2) is 9.97 Å². The Kier molecular flexibility index (Phi) is 7.37. The quantitative estimate of drug-likeness (QED) is 0.479. The molecule has 1 fully saturated rings. The van der Waals surface area contributed by atoms with Gasteiger partial charge in [-0.3, -0.25) is 4.79 Å². The van der Waals surface area contributed by atoms with Crippen LogP contribution in [-0.2, 0) is 4.79 Å². The normalized spacial score (nSPS) is 14.3. The molecular formula is C24H30N2O2S. The number of ether oxygens (including phenoxy) is 1. The van der Waals surface area contributed by atoms with Gasteiger partial charge < -0.3 is 4.74 Å². The highest BCUT2D eigenvalue weighted by Crippen LogP contribution is 2.32. The molecule has 1 aliphatic rings. The van der Waals surface area contributed by atoms with Gasteiger partial charge in [0.15, 0.2) is 0 Å². The Morgan fingerprint density at radius 3 is 2.21 bits per heavy atom. The first-order valence-corrected chi connectivity index (χ1v) is 11.3. The summed E-state index contributed by atoms with van der Waals surface area (Å²) in [7, 11) is 0. The van der Waals surface area contributed by atoms with Gasteiger partial charge in [0.2, 0.25) is 5.88 Å². The molecule has 0 aliphatic heterocycles. The molecule has 154 valence electrons. The minimum absolute atomic E-state index is 0.0779. The van der Waals surface area contributed by atoms with Gasteiger partial charge in [-0.1, -0.05) is 44.9 Å². The van der Waals surface area contributed by atoms with Crippen LogP contribution in [0.4, 0.5) is 0 Å². The molecular weight excluding hydrogens is 380 g/mol. The molecule has 0 amide bonds. The summed E-state index contributed by atoms with van der Waals surface area (Å²) in [5.74, 6) is 1.76. The van der Waals surface area contributed by atoms with Crippen molar-refractivity contribution in [2.24, 2.45) is 11.8 Å². The van der Waals surface area contributed by atoms with E-state index >= 15 is 0 Å². The standard InChI is InChI=1S/C15H14N2OS.C9H16O/c1-10(2)18-15-14(13-8-5-9-19-13)16-11-6-3-4-7-12(11)17-15;1-7(2)9(10)8-5-3-4-6-8/h3-10H,1-2H3;7-8H,3-6H2,1-2H3. The van der Waals surface area contributed by atoms with Gasteiger partial charge in [0, 0.05) is 11.8 Å². The minimum Gasteiger partial charge on any atom is -0.473 e. The second-order valence-electron chi connectivity index (χ2n) is 8.05. The molecule has 0 spiro atoms. The van der Waals surface area contributed by atoms with Crippen molar-refractivity contribution < 1.29 is 9.53 Å². The van der Waals surface area contributed by atoms with Crippen molar-refractivity contribution in [1.82, 2.24) is 9.97 Å². The number of nitrogens with zero attached hydrogens (tertiary/aromatic N) is 2. The van der Waals surface area contributed by atoms with E-state index in [9.17, 15) is 4.79 Å². The molecule has 2 heterocycles. The van der Waals surface area contributed by atoms with E-state index in [1.54, 1.807) is 11.3 Å². The molecule has 0 saturated heterocycles. The van der Waals surface area contributed by atoms with Crippen molar-refractivity contribution in [1.29, 1.82) is 0 Å². The number of Topliss-reactive ketones (excluding diaryl/α,β-unsaturated/α-hetero) is 1. The number of hydrogen-bond acceptors (Lipinski definition) is 5. The van der Waals surface area contributed by atoms with Crippen LogP contribution < -0.4 is 4.74 Å². The third-order valence-corrected chi connectivity index (χ3v) is 5.84. The highest BCUT2D eigenvalue weighted by Gasteiger charge is 2.24. The number of carbonyl (C=O) groups excluding carboxylic acids is 1. The summed E-state index contributed by atoms with van der Waals surface area (Å²) in [5.41, 5.74) is 2.57. The number of fused-ring (bicyclic) bond motifs is 1. The number of ketones is 1. The third-order valence-electron chi connectivity index (χ3n) is 4.97. The lowest BCUT2D eigenvalue weighted by atomic mass is 9.94. The predicted octanol–water partition coefficient (Wildman–Crippen LogP) is 6.55. The van der Waals surface area contributed by atoms with Gasteiger partial charge in [-0.15, -0.1) is 11.3 Å². The molecule has 29 heavy (non-hydrogen) atoms. The van der Waals surface area contributed by atoms with Crippen LogP contribution in [-0.4, -0.2) is 21.9 Å². The number of aromatic nitrogens is 2. The largest absolute Gasteiger partial charge is 0.473 e. The number of thiophene rings is 1. The fourth-order valence-electron chi connectivity index (χ4n) is 3.54. The van der Waals surface area contributed by atoms with E-state index < -0.39 is 0 Å². The van der Waals surface area contributed by atoms with Crippen LogP contribution in [0.3, 0.4) is 0 Å². The molecule has 3 aromatic rings. The summed E-state index contributed by atoms with van der Waals surface area (Å²) in [5, 5.41) is 2.03. The summed E-state index contributed by atoms with van der Waals surface area (Å²) in [4.78, 5) is 21.7. The molecule has 0 N–H and O–H groups in total. The second-order valence-corrected chi connectivity index (χ2v) is 9.00. The zero-order valence-corrected chi connectivity index (χ0v) is 18.5. The molecule has 0 atom stereocenters. The van der Waals surface area contributed by atoms with Crippen LogP contribution in [0, 0.1) is 11.8 Å². The topological polar surface area (TPSA) is 52.1 Å². The molecule has 2 aromatic heterocycles. The Bertz CT molecular complexity index is 929. The third kappa shape index (κ3) is 5.63. The van der Waals surface area contributed by atoms with Crippen LogP contribution in [0.5, 0.6) is 5.88 Å². The molecule has 0 unspecified atom stereocenters. The smallest absolute Gasteiger partial charge is 0.242 e. The Morgan fingerprint density at radius 1 is 1.00 bits per heavy atom. The van der Waals surface area contributed by atoms with Gasteiger partial charge in [0.05, 0.1) is 22.0 Å². The molecule has 5 heteroatoms. The van der Waals surface area contributed by atoms with Gasteiger partial charge in [0.1, 0.15) is 11.5 Å². The van der Waals surface area contributed by atoms with Crippen LogP contribution in [0.15, 0.2) is 41.8 Å². The summed E-state index contributed by atoms with van der Waals surface area (Å²) in [6.07, 6.45) is 4.91. The highest BCUT2D eigenvalue weighted by molar-refractivity contribution is 7.13. The van der Waals surface area contributed by atoms with Crippen molar-refractivity contribution in [3.63, 3.8) is 0 Å². The summed E-state index contributed by atoms with van der Waals surface area (Å²) in [6, 6.07) is 11.9. The van der Waals surface area contributed by atoms with E-state index in [0.717, 1.165) is 34.4 Å². The zero-order valence-electron chi connectivity index (χ0n) is 17.7. The fraction of sp³-hybridized carbons (Fsp3) is 0.458. The van der Waals surface area contributed by atoms with E-state index in [1.807, 2.05) is 69.5 Å². The minimum atomic E-state index is 0.0779. The van der Waals surface area contributed by atoms with Crippen LogP contribution in [0.25, 0.3) is 21.6 Å². The van der Waals surface area contributed by atoms with Gasteiger partial charge in [0.25, 0.3) is 0 Å². The Labute approximate surface area is 177 Å². The first-order valence-electron chi connectivity index (χ1n) is 10.5. The van der Waals surface area contributed by atoms with E-state index in [1.165, 1.54) is 12.8 Å². The maximum Gasteiger partial charge on any atom is 0.242 e. The molecule has 1 aromatic carbocycles. The van der Waals surface area contributed by atoms with Gasteiger partial charge in [-0.2, -0.15) is 0 Å². The Balaban J connectivity index is 0.000000204. The van der Waals surface area contributed by atoms with Crippen LogP contribution >= 0.6 is 11.3 Å². The van der Waals surface area contributed by atoms with E-state index in [4.69, 9.17) is 9.72 Å². The van der Waals surface area contributed by atoms with Crippen molar-refractivity contribution in [2.45, 2.75) is 59.5 Å². The lowest BCUT2D eigenvalue weighted by Gasteiger charge is -2.12.